The minimum absolute atomic E-state index is 0.224. The molecule has 1 aromatic heterocycles. The molecule has 2 N–H and O–H groups in total. The van der Waals surface area contributed by atoms with E-state index < -0.39 is 0 Å². The van der Waals surface area contributed by atoms with Crippen molar-refractivity contribution < 1.29 is 4.92 Å². The van der Waals surface area contributed by atoms with Gasteiger partial charge in [0.05, 0.1) is 4.92 Å². The van der Waals surface area contributed by atoms with E-state index in [2.05, 4.69) is 10.6 Å². The number of nitro groups is 1. The Morgan fingerprint density at radius 1 is 1.56 bits per heavy atom. The maximum absolute atomic E-state index is 10.5. The van der Waals surface area contributed by atoms with Gasteiger partial charge >= 0.3 is 5.00 Å². The zero-order valence-electron chi connectivity index (χ0n) is 8.94. The van der Waals surface area contributed by atoms with Gasteiger partial charge in [-0.3, -0.25) is 10.1 Å². The summed E-state index contributed by atoms with van der Waals surface area (Å²) in [5.74, 6) is 0. The second kappa shape index (κ2) is 5.38. The Balaban J connectivity index is 1.81. The van der Waals surface area contributed by atoms with Gasteiger partial charge in [0.1, 0.15) is 0 Å². The van der Waals surface area contributed by atoms with Gasteiger partial charge in [0.15, 0.2) is 0 Å². The first-order valence-electron chi connectivity index (χ1n) is 5.41. The molecule has 1 aliphatic rings. The van der Waals surface area contributed by atoms with E-state index in [0.717, 1.165) is 38.0 Å². The lowest BCUT2D eigenvalue weighted by Crippen LogP contribution is -2.39. The molecule has 0 spiro atoms. The monoisotopic (exact) mass is 241 g/mol. The Morgan fingerprint density at radius 3 is 2.94 bits per heavy atom. The summed E-state index contributed by atoms with van der Waals surface area (Å²) in [5.41, 5.74) is 1.01. The van der Waals surface area contributed by atoms with Crippen molar-refractivity contribution in [1.29, 1.82) is 0 Å². The molecule has 0 aliphatic carbocycles. The van der Waals surface area contributed by atoms with Crippen LogP contribution in [0.3, 0.4) is 0 Å². The van der Waals surface area contributed by atoms with E-state index in [1.807, 2.05) is 5.38 Å². The minimum atomic E-state index is -0.335. The molecule has 0 amide bonds. The third kappa shape index (κ3) is 3.01. The van der Waals surface area contributed by atoms with Crippen molar-refractivity contribution in [2.24, 2.45) is 0 Å². The third-order valence-corrected chi connectivity index (χ3v) is 3.68. The molecule has 2 rings (SSSR count). The molecule has 16 heavy (non-hydrogen) atoms. The van der Waals surface area contributed by atoms with Crippen LogP contribution >= 0.6 is 11.3 Å². The first-order chi connectivity index (χ1) is 7.75. The van der Waals surface area contributed by atoms with Gasteiger partial charge in [-0.1, -0.05) is 11.3 Å². The summed E-state index contributed by atoms with van der Waals surface area (Å²) >= 11 is 1.19. The van der Waals surface area contributed by atoms with Crippen molar-refractivity contribution in [2.45, 2.75) is 25.4 Å². The van der Waals surface area contributed by atoms with Crippen LogP contribution in [0.5, 0.6) is 0 Å². The van der Waals surface area contributed by atoms with Crippen molar-refractivity contribution in [3.63, 3.8) is 0 Å². The third-order valence-electron chi connectivity index (χ3n) is 2.75. The Morgan fingerprint density at radius 2 is 2.31 bits per heavy atom. The predicted octanol–water partition coefficient (Wildman–Crippen LogP) is 1.50. The van der Waals surface area contributed by atoms with Gasteiger partial charge in [0.25, 0.3) is 0 Å². The van der Waals surface area contributed by atoms with E-state index in [4.69, 9.17) is 0 Å². The van der Waals surface area contributed by atoms with Crippen LogP contribution in [0.4, 0.5) is 5.00 Å². The zero-order chi connectivity index (χ0) is 11.4. The zero-order valence-corrected chi connectivity index (χ0v) is 9.76. The lowest BCUT2D eigenvalue weighted by molar-refractivity contribution is -0.380. The normalized spacial score (nSPS) is 17.5. The molecule has 0 saturated carbocycles. The molecule has 0 aromatic carbocycles. The standard InChI is InChI=1S/C10H15N3O2S/c14-13(15)10-5-8(7-16-10)6-12-9-1-3-11-4-2-9/h5,7,9,11-12H,1-4,6H2. The van der Waals surface area contributed by atoms with Gasteiger partial charge in [-0.25, -0.2) is 0 Å². The SMILES string of the molecule is O=[N+]([O-])c1cc(CNC2CCNCC2)cs1. The summed E-state index contributed by atoms with van der Waals surface area (Å²) in [5, 5.41) is 19.3. The molecular formula is C10H15N3O2S. The number of rotatable bonds is 4. The fourth-order valence-corrected chi connectivity index (χ4v) is 2.57. The number of nitrogens with zero attached hydrogens (tertiary/aromatic N) is 1. The largest absolute Gasteiger partial charge is 0.324 e. The van der Waals surface area contributed by atoms with Gasteiger partial charge in [-0.05, 0) is 31.5 Å². The Bertz CT molecular complexity index is 361. The summed E-state index contributed by atoms with van der Waals surface area (Å²) in [6.07, 6.45) is 2.26. The van der Waals surface area contributed by atoms with Crippen LogP contribution in [0, 0.1) is 10.1 Å². The smallest absolute Gasteiger partial charge is 0.317 e. The number of nitrogens with one attached hydrogen (secondary N) is 2. The van der Waals surface area contributed by atoms with Crippen LogP contribution in [-0.2, 0) is 6.54 Å². The van der Waals surface area contributed by atoms with Crippen molar-refractivity contribution in [3.8, 4) is 0 Å². The van der Waals surface area contributed by atoms with E-state index in [1.165, 1.54) is 11.3 Å². The molecule has 1 saturated heterocycles. The molecular weight excluding hydrogens is 226 g/mol. The Labute approximate surface area is 98.0 Å². The molecule has 0 radical (unpaired) electrons. The van der Waals surface area contributed by atoms with Crippen molar-refractivity contribution in [3.05, 3.63) is 27.1 Å². The highest BCUT2D eigenvalue weighted by Gasteiger charge is 2.13. The summed E-state index contributed by atoms with van der Waals surface area (Å²) in [6, 6.07) is 2.19. The minimum Gasteiger partial charge on any atom is -0.317 e. The lowest BCUT2D eigenvalue weighted by atomic mass is 10.1. The van der Waals surface area contributed by atoms with Crippen LogP contribution in [0.15, 0.2) is 11.4 Å². The van der Waals surface area contributed by atoms with E-state index in [0.29, 0.717) is 6.04 Å². The van der Waals surface area contributed by atoms with Crippen LogP contribution < -0.4 is 10.6 Å². The van der Waals surface area contributed by atoms with Crippen molar-refractivity contribution in [1.82, 2.24) is 10.6 Å². The number of hydrogen-bond acceptors (Lipinski definition) is 5. The van der Waals surface area contributed by atoms with E-state index in [-0.39, 0.29) is 9.92 Å². The average Bonchev–Trinajstić information content (AvgIpc) is 2.76. The van der Waals surface area contributed by atoms with E-state index >= 15 is 0 Å². The highest BCUT2D eigenvalue weighted by Crippen LogP contribution is 2.22. The van der Waals surface area contributed by atoms with Crippen molar-refractivity contribution in [2.75, 3.05) is 13.1 Å². The maximum atomic E-state index is 10.5. The van der Waals surface area contributed by atoms with E-state index in [9.17, 15) is 10.1 Å². The number of thiophene rings is 1. The second-order valence-electron chi connectivity index (χ2n) is 3.96. The van der Waals surface area contributed by atoms with E-state index in [1.54, 1.807) is 6.07 Å². The quantitative estimate of drug-likeness (QED) is 0.619. The Kier molecular flexibility index (Phi) is 3.87. The molecule has 88 valence electrons. The highest BCUT2D eigenvalue weighted by molar-refractivity contribution is 7.13. The molecule has 0 atom stereocenters. The van der Waals surface area contributed by atoms with Gasteiger partial charge in [-0.15, -0.1) is 0 Å². The summed E-state index contributed by atoms with van der Waals surface area (Å²) < 4.78 is 0. The maximum Gasteiger partial charge on any atom is 0.324 e. The van der Waals surface area contributed by atoms with Gasteiger partial charge in [-0.2, -0.15) is 0 Å². The average molecular weight is 241 g/mol. The predicted molar refractivity (Wildman–Crippen MR) is 63.7 cm³/mol. The van der Waals surface area contributed by atoms with Crippen LogP contribution in [-0.4, -0.2) is 24.1 Å². The molecule has 5 nitrogen and oxygen atoms in total. The summed E-state index contributed by atoms with van der Waals surface area (Å²) in [6.45, 7) is 2.85. The van der Waals surface area contributed by atoms with Gasteiger partial charge in [0.2, 0.25) is 0 Å². The fraction of sp³-hybridized carbons (Fsp3) is 0.600. The molecule has 0 unspecified atom stereocenters. The van der Waals surface area contributed by atoms with Crippen LogP contribution in [0.2, 0.25) is 0 Å². The topological polar surface area (TPSA) is 67.2 Å². The first kappa shape index (κ1) is 11.5. The molecule has 0 bridgehead atoms. The summed E-state index contributed by atoms with van der Waals surface area (Å²) in [4.78, 5) is 10.2. The first-order valence-corrected chi connectivity index (χ1v) is 6.29. The molecule has 1 aromatic rings. The molecule has 1 fully saturated rings. The lowest BCUT2D eigenvalue weighted by Gasteiger charge is -2.23. The second-order valence-corrected chi connectivity index (χ2v) is 4.85. The highest BCUT2D eigenvalue weighted by atomic mass is 32.1. The van der Waals surface area contributed by atoms with Gasteiger partial charge in [0, 0.05) is 24.0 Å². The Hall–Kier alpha value is -0.980. The number of piperidine rings is 1. The molecule has 1 aliphatic heterocycles. The van der Waals surface area contributed by atoms with Gasteiger partial charge < -0.3 is 10.6 Å². The van der Waals surface area contributed by atoms with Crippen LogP contribution in [0.1, 0.15) is 18.4 Å². The van der Waals surface area contributed by atoms with Crippen LogP contribution in [0.25, 0.3) is 0 Å². The molecule has 6 heteroatoms. The summed E-state index contributed by atoms with van der Waals surface area (Å²) in [7, 11) is 0. The number of hydrogen-bond donors (Lipinski definition) is 2. The fourth-order valence-electron chi connectivity index (χ4n) is 1.84. The van der Waals surface area contributed by atoms with Crippen molar-refractivity contribution >= 4 is 16.3 Å². The molecule has 2 heterocycles.